The number of halogens is 2. The zero-order chi connectivity index (χ0) is 15.4. The van der Waals surface area contributed by atoms with Crippen molar-refractivity contribution in [2.24, 2.45) is 0 Å². The fourth-order valence-corrected chi connectivity index (χ4v) is 2.54. The molecule has 2 aromatic carbocycles. The number of carbonyl (C=O) groups excluding carboxylic acids is 1. The summed E-state index contributed by atoms with van der Waals surface area (Å²) in [5.74, 6) is -0.475. The fourth-order valence-electron chi connectivity index (χ4n) is 1.98. The highest BCUT2D eigenvalue weighted by Crippen LogP contribution is 2.36. The first-order chi connectivity index (χ1) is 10.1. The van der Waals surface area contributed by atoms with Crippen LogP contribution in [0.1, 0.15) is 17.3 Å². The van der Waals surface area contributed by atoms with Gasteiger partial charge in [-0.3, -0.25) is 0 Å². The Morgan fingerprint density at radius 3 is 2.57 bits per heavy atom. The summed E-state index contributed by atoms with van der Waals surface area (Å²) in [6, 6.07) is 9.65. The van der Waals surface area contributed by atoms with Gasteiger partial charge >= 0.3 is 5.97 Å². The fraction of sp³-hybridized carbons (Fsp3) is 0.188. The molecule has 5 heteroatoms. The summed E-state index contributed by atoms with van der Waals surface area (Å²) >= 11 is 3.37. The molecule has 0 heterocycles. The van der Waals surface area contributed by atoms with Crippen molar-refractivity contribution in [1.29, 1.82) is 0 Å². The number of rotatable bonds is 4. The summed E-state index contributed by atoms with van der Waals surface area (Å²) in [4.78, 5) is 11.8. The minimum Gasteiger partial charge on any atom is -0.493 e. The summed E-state index contributed by atoms with van der Waals surface area (Å²) in [6.07, 6.45) is 0. The Morgan fingerprint density at radius 2 is 1.95 bits per heavy atom. The summed E-state index contributed by atoms with van der Waals surface area (Å²) in [5, 5.41) is 0. The Labute approximate surface area is 130 Å². The van der Waals surface area contributed by atoms with E-state index in [1.165, 1.54) is 13.2 Å². The molecule has 0 saturated carbocycles. The number of hydrogen-bond acceptors (Lipinski definition) is 3. The Kier molecular flexibility index (Phi) is 4.96. The molecule has 0 aliphatic heterocycles. The molecule has 2 aromatic rings. The molecule has 0 N–H and O–H groups in total. The van der Waals surface area contributed by atoms with Gasteiger partial charge in [0.05, 0.1) is 13.7 Å². The minimum absolute atomic E-state index is 0.298. The predicted molar refractivity (Wildman–Crippen MR) is 82.0 cm³/mol. The largest absolute Gasteiger partial charge is 0.493 e. The van der Waals surface area contributed by atoms with E-state index in [0.29, 0.717) is 33.5 Å². The molecule has 0 aliphatic carbocycles. The van der Waals surface area contributed by atoms with Crippen LogP contribution in [0.2, 0.25) is 0 Å². The van der Waals surface area contributed by atoms with Gasteiger partial charge in [-0.05, 0) is 25.1 Å². The number of benzene rings is 2. The number of esters is 1. The van der Waals surface area contributed by atoms with Crippen LogP contribution in [0.5, 0.6) is 5.75 Å². The van der Waals surface area contributed by atoms with Crippen molar-refractivity contribution in [2.45, 2.75) is 6.92 Å². The highest BCUT2D eigenvalue weighted by Gasteiger charge is 2.18. The van der Waals surface area contributed by atoms with Gasteiger partial charge in [-0.1, -0.05) is 34.1 Å². The van der Waals surface area contributed by atoms with Gasteiger partial charge in [-0.25, -0.2) is 9.18 Å². The summed E-state index contributed by atoms with van der Waals surface area (Å²) in [6.45, 7) is 2.20. The van der Waals surface area contributed by atoms with Crippen LogP contribution in [0, 0.1) is 5.82 Å². The molecule has 2 rings (SSSR count). The molecular formula is C16H14BrFO3. The van der Waals surface area contributed by atoms with Crippen molar-refractivity contribution < 1.29 is 18.7 Å². The van der Waals surface area contributed by atoms with Crippen LogP contribution in [0.25, 0.3) is 11.1 Å². The average Bonchev–Trinajstić information content (AvgIpc) is 2.49. The van der Waals surface area contributed by atoms with Gasteiger partial charge in [0, 0.05) is 15.6 Å². The highest BCUT2D eigenvalue weighted by atomic mass is 79.9. The van der Waals surface area contributed by atoms with Gasteiger partial charge in [-0.15, -0.1) is 0 Å². The van der Waals surface area contributed by atoms with Gasteiger partial charge in [-0.2, -0.15) is 0 Å². The average molecular weight is 353 g/mol. The van der Waals surface area contributed by atoms with E-state index in [1.54, 1.807) is 30.3 Å². The molecule has 110 valence electrons. The monoisotopic (exact) mass is 352 g/mol. The van der Waals surface area contributed by atoms with Gasteiger partial charge in [0.1, 0.15) is 17.1 Å². The number of methoxy groups -OCH3 is 1. The highest BCUT2D eigenvalue weighted by molar-refractivity contribution is 9.10. The lowest BCUT2D eigenvalue weighted by Crippen LogP contribution is -2.06. The molecule has 0 aliphatic rings. The third-order valence-electron chi connectivity index (χ3n) is 2.94. The van der Waals surface area contributed by atoms with Crippen LogP contribution < -0.4 is 4.74 Å². The predicted octanol–water partition coefficient (Wildman–Crippen LogP) is 4.44. The molecule has 0 atom stereocenters. The lowest BCUT2D eigenvalue weighted by Gasteiger charge is -2.13. The number of carbonyl (C=O) groups is 1. The van der Waals surface area contributed by atoms with E-state index in [-0.39, 0.29) is 5.82 Å². The van der Waals surface area contributed by atoms with E-state index in [1.807, 2.05) is 6.92 Å². The van der Waals surface area contributed by atoms with Crippen molar-refractivity contribution >= 4 is 21.9 Å². The molecule has 21 heavy (non-hydrogen) atoms. The Morgan fingerprint density at radius 1 is 1.24 bits per heavy atom. The quantitative estimate of drug-likeness (QED) is 0.763. The normalized spacial score (nSPS) is 10.3. The molecule has 0 radical (unpaired) electrons. The first-order valence-corrected chi connectivity index (χ1v) is 7.17. The van der Waals surface area contributed by atoms with Crippen molar-refractivity contribution in [3.8, 4) is 16.9 Å². The SMILES string of the molecule is CCOc1cc(-c2ccccc2F)c(Br)cc1C(=O)OC. The van der Waals surface area contributed by atoms with Gasteiger partial charge in [0.2, 0.25) is 0 Å². The van der Waals surface area contributed by atoms with Crippen LogP contribution >= 0.6 is 15.9 Å². The van der Waals surface area contributed by atoms with Gasteiger partial charge < -0.3 is 9.47 Å². The summed E-state index contributed by atoms with van der Waals surface area (Å²) < 4.78 is 24.7. The van der Waals surface area contributed by atoms with E-state index in [2.05, 4.69) is 15.9 Å². The van der Waals surface area contributed by atoms with Crippen LogP contribution in [0.3, 0.4) is 0 Å². The molecule has 0 unspecified atom stereocenters. The second-order valence-electron chi connectivity index (χ2n) is 4.23. The van der Waals surface area contributed by atoms with E-state index in [0.717, 1.165) is 0 Å². The topological polar surface area (TPSA) is 35.5 Å². The Hall–Kier alpha value is -1.88. The standard InChI is InChI=1S/C16H14BrFO3/c1-3-21-15-9-11(10-6-4-5-7-14(10)18)13(17)8-12(15)16(19)20-2/h4-9H,3H2,1-2H3. The lowest BCUT2D eigenvalue weighted by molar-refractivity contribution is 0.0596. The molecule has 0 spiro atoms. The zero-order valence-electron chi connectivity index (χ0n) is 11.7. The maximum atomic E-state index is 13.9. The molecule has 0 saturated heterocycles. The summed E-state index contributed by atoms with van der Waals surface area (Å²) in [7, 11) is 1.30. The van der Waals surface area contributed by atoms with E-state index in [9.17, 15) is 9.18 Å². The molecule has 0 aromatic heterocycles. The van der Waals surface area contributed by atoms with Crippen LogP contribution in [0.15, 0.2) is 40.9 Å². The van der Waals surface area contributed by atoms with Crippen LogP contribution in [-0.2, 0) is 4.74 Å². The second-order valence-corrected chi connectivity index (χ2v) is 5.09. The first kappa shape index (κ1) is 15.5. The third-order valence-corrected chi connectivity index (χ3v) is 3.59. The van der Waals surface area contributed by atoms with Crippen molar-refractivity contribution in [2.75, 3.05) is 13.7 Å². The van der Waals surface area contributed by atoms with E-state index >= 15 is 0 Å². The van der Waals surface area contributed by atoms with Crippen molar-refractivity contribution in [3.05, 3.63) is 52.3 Å². The number of ether oxygens (including phenoxy) is 2. The third kappa shape index (κ3) is 3.24. The molecule has 0 fully saturated rings. The molecule has 0 bridgehead atoms. The van der Waals surface area contributed by atoms with Gasteiger partial charge in [0.15, 0.2) is 0 Å². The summed E-state index contributed by atoms with van der Waals surface area (Å²) in [5.41, 5.74) is 1.34. The van der Waals surface area contributed by atoms with E-state index < -0.39 is 5.97 Å². The van der Waals surface area contributed by atoms with Crippen molar-refractivity contribution in [1.82, 2.24) is 0 Å². The maximum Gasteiger partial charge on any atom is 0.341 e. The minimum atomic E-state index is -0.501. The van der Waals surface area contributed by atoms with Gasteiger partial charge in [0.25, 0.3) is 0 Å². The molecule has 0 amide bonds. The van der Waals surface area contributed by atoms with E-state index in [4.69, 9.17) is 9.47 Å². The zero-order valence-corrected chi connectivity index (χ0v) is 13.2. The van der Waals surface area contributed by atoms with Crippen LogP contribution in [0.4, 0.5) is 4.39 Å². The smallest absolute Gasteiger partial charge is 0.341 e. The van der Waals surface area contributed by atoms with Crippen molar-refractivity contribution in [3.63, 3.8) is 0 Å². The lowest BCUT2D eigenvalue weighted by atomic mass is 10.0. The maximum absolute atomic E-state index is 13.9. The molecular weight excluding hydrogens is 339 g/mol. The first-order valence-electron chi connectivity index (χ1n) is 6.38. The second kappa shape index (κ2) is 6.72. The number of hydrogen-bond donors (Lipinski definition) is 0. The molecule has 3 nitrogen and oxygen atoms in total. The van der Waals surface area contributed by atoms with Crippen LogP contribution in [-0.4, -0.2) is 19.7 Å². The Bertz CT molecular complexity index is 671. The Balaban J connectivity index is 2.61.